The standard InChI is InChI=1S/C21H15BrClN7OS/c22-12-3-1-11(2-4-12)16-10-30-7-8-31-18(19(30)25-16)20-28-29-21(32-20)26-15-6-5-14-13(17(15)23)9-24-27-14/h1-6,9-10,18H,7-8H2,(H,24,27)(H,26,29). The summed E-state index contributed by atoms with van der Waals surface area (Å²) < 4.78 is 9.21. The lowest BCUT2D eigenvalue weighted by atomic mass is 10.2. The summed E-state index contributed by atoms with van der Waals surface area (Å²) in [5, 5.41) is 21.7. The van der Waals surface area contributed by atoms with Crippen molar-refractivity contribution in [3.8, 4) is 11.3 Å². The van der Waals surface area contributed by atoms with Crippen LogP contribution in [0.2, 0.25) is 5.02 Å². The van der Waals surface area contributed by atoms with Gasteiger partial charge in [0.05, 0.1) is 34.7 Å². The Morgan fingerprint density at radius 3 is 2.94 bits per heavy atom. The summed E-state index contributed by atoms with van der Waals surface area (Å²) in [6.45, 7) is 1.33. The predicted molar refractivity (Wildman–Crippen MR) is 127 cm³/mol. The van der Waals surface area contributed by atoms with Crippen molar-refractivity contribution in [3.63, 3.8) is 0 Å². The number of hydrogen-bond acceptors (Lipinski definition) is 7. The van der Waals surface area contributed by atoms with Crippen LogP contribution in [0.25, 0.3) is 22.2 Å². The Hall–Kier alpha value is -2.79. The molecule has 0 radical (unpaired) electrons. The quantitative estimate of drug-likeness (QED) is 0.317. The minimum Gasteiger partial charge on any atom is -0.361 e. The first-order valence-corrected chi connectivity index (χ1v) is 11.8. The second-order valence-electron chi connectivity index (χ2n) is 7.26. The molecule has 6 rings (SSSR count). The second kappa shape index (κ2) is 7.96. The number of hydrogen-bond donors (Lipinski definition) is 2. The Morgan fingerprint density at radius 2 is 2.06 bits per heavy atom. The molecule has 0 amide bonds. The summed E-state index contributed by atoms with van der Waals surface area (Å²) in [4.78, 5) is 4.85. The second-order valence-corrected chi connectivity index (χ2v) is 9.57. The normalized spacial score (nSPS) is 15.8. The maximum atomic E-state index is 6.52. The van der Waals surface area contributed by atoms with Crippen LogP contribution in [0.4, 0.5) is 10.8 Å². The number of halogens is 2. The smallest absolute Gasteiger partial charge is 0.210 e. The fourth-order valence-electron chi connectivity index (χ4n) is 3.69. The van der Waals surface area contributed by atoms with Gasteiger partial charge in [0.15, 0.2) is 11.1 Å². The van der Waals surface area contributed by atoms with Crippen LogP contribution in [0, 0.1) is 0 Å². The van der Waals surface area contributed by atoms with E-state index in [1.807, 2.05) is 36.4 Å². The van der Waals surface area contributed by atoms with E-state index in [0.717, 1.165) is 49.7 Å². The van der Waals surface area contributed by atoms with E-state index in [9.17, 15) is 0 Å². The van der Waals surface area contributed by atoms with E-state index >= 15 is 0 Å². The molecular formula is C21H15BrClN7OS. The number of benzene rings is 2. The third kappa shape index (κ3) is 3.49. The van der Waals surface area contributed by atoms with Gasteiger partial charge in [0.2, 0.25) is 5.13 Å². The van der Waals surface area contributed by atoms with Crippen LogP contribution in [0.15, 0.2) is 53.3 Å². The highest BCUT2D eigenvalue weighted by Gasteiger charge is 2.29. The van der Waals surface area contributed by atoms with Crippen molar-refractivity contribution in [1.29, 1.82) is 0 Å². The lowest BCUT2D eigenvalue weighted by molar-refractivity contribution is 0.0424. The van der Waals surface area contributed by atoms with Crippen LogP contribution < -0.4 is 5.32 Å². The van der Waals surface area contributed by atoms with E-state index < -0.39 is 0 Å². The largest absolute Gasteiger partial charge is 0.361 e. The van der Waals surface area contributed by atoms with Gasteiger partial charge in [0.25, 0.3) is 0 Å². The number of aromatic nitrogens is 6. The molecular weight excluding hydrogens is 514 g/mol. The maximum Gasteiger partial charge on any atom is 0.210 e. The van der Waals surface area contributed by atoms with Gasteiger partial charge in [-0.1, -0.05) is 51.0 Å². The van der Waals surface area contributed by atoms with Crippen LogP contribution in [-0.4, -0.2) is 36.6 Å². The molecule has 1 aliphatic rings. The van der Waals surface area contributed by atoms with Crippen LogP contribution >= 0.6 is 38.9 Å². The molecule has 2 aromatic carbocycles. The lowest BCUT2D eigenvalue weighted by Crippen LogP contribution is -2.22. The van der Waals surface area contributed by atoms with Gasteiger partial charge in [-0.05, 0) is 24.3 Å². The molecule has 0 bridgehead atoms. The molecule has 160 valence electrons. The van der Waals surface area contributed by atoms with Gasteiger partial charge >= 0.3 is 0 Å². The first-order valence-electron chi connectivity index (χ1n) is 9.82. The molecule has 0 saturated heterocycles. The van der Waals surface area contributed by atoms with E-state index in [1.54, 1.807) is 6.20 Å². The first-order chi connectivity index (χ1) is 15.7. The van der Waals surface area contributed by atoms with Crippen LogP contribution in [0.1, 0.15) is 16.9 Å². The van der Waals surface area contributed by atoms with Gasteiger partial charge < -0.3 is 14.6 Å². The molecule has 0 aliphatic carbocycles. The number of aromatic amines is 1. The van der Waals surface area contributed by atoms with Gasteiger partial charge in [0.1, 0.15) is 5.82 Å². The Morgan fingerprint density at radius 1 is 1.19 bits per heavy atom. The summed E-state index contributed by atoms with van der Waals surface area (Å²) in [6.07, 6.45) is 3.40. The number of rotatable bonds is 4. The van der Waals surface area contributed by atoms with Crippen molar-refractivity contribution in [1.82, 2.24) is 29.9 Å². The molecule has 1 unspecified atom stereocenters. The fourth-order valence-corrected chi connectivity index (χ4v) is 5.02. The van der Waals surface area contributed by atoms with Crippen LogP contribution in [0.5, 0.6) is 0 Å². The highest BCUT2D eigenvalue weighted by Crippen LogP contribution is 2.37. The third-order valence-corrected chi connectivity index (χ3v) is 7.08. The predicted octanol–water partition coefficient (Wildman–Crippen LogP) is 5.56. The number of nitrogens with one attached hydrogen (secondary N) is 2. The number of anilines is 2. The van der Waals surface area contributed by atoms with Gasteiger partial charge in [0, 0.05) is 28.2 Å². The zero-order chi connectivity index (χ0) is 21.7. The maximum absolute atomic E-state index is 6.52. The zero-order valence-corrected chi connectivity index (χ0v) is 19.6. The minimum atomic E-state index is -0.368. The van der Waals surface area contributed by atoms with Gasteiger partial charge in [-0.3, -0.25) is 5.10 Å². The van der Waals surface area contributed by atoms with Crippen molar-refractivity contribution in [3.05, 3.63) is 69.1 Å². The van der Waals surface area contributed by atoms with Gasteiger partial charge in [-0.2, -0.15) is 5.10 Å². The molecule has 0 saturated carbocycles. The van der Waals surface area contributed by atoms with Crippen molar-refractivity contribution in [2.75, 3.05) is 11.9 Å². The highest BCUT2D eigenvalue weighted by molar-refractivity contribution is 9.10. The molecule has 32 heavy (non-hydrogen) atoms. The van der Waals surface area contributed by atoms with E-state index in [4.69, 9.17) is 21.3 Å². The Labute approximate surface area is 199 Å². The average Bonchev–Trinajstić information content (AvgIpc) is 3.55. The van der Waals surface area contributed by atoms with Crippen molar-refractivity contribution >= 4 is 60.6 Å². The Bertz CT molecular complexity index is 1430. The molecule has 11 heteroatoms. The summed E-state index contributed by atoms with van der Waals surface area (Å²) >= 11 is 11.4. The van der Waals surface area contributed by atoms with E-state index in [1.165, 1.54) is 11.3 Å². The average molecular weight is 529 g/mol. The molecule has 5 aromatic rings. The summed E-state index contributed by atoms with van der Waals surface area (Å²) in [5.74, 6) is 0.828. The summed E-state index contributed by atoms with van der Waals surface area (Å²) in [5.41, 5.74) is 3.58. The topological polar surface area (TPSA) is 93.5 Å². The molecule has 0 spiro atoms. The van der Waals surface area contributed by atoms with Crippen LogP contribution in [-0.2, 0) is 11.3 Å². The molecule has 0 fully saturated rings. The summed E-state index contributed by atoms with van der Waals surface area (Å²) in [6, 6.07) is 11.9. The SMILES string of the molecule is Clc1c(Nc2nnc(C3OCCn4cc(-c5ccc(Br)cc5)nc43)s2)ccc2[nH]ncc12. The van der Waals surface area contributed by atoms with Crippen molar-refractivity contribution in [2.45, 2.75) is 12.6 Å². The molecule has 1 aliphatic heterocycles. The number of nitrogens with zero attached hydrogens (tertiary/aromatic N) is 5. The van der Waals surface area contributed by atoms with Crippen molar-refractivity contribution < 1.29 is 4.74 Å². The molecule has 3 aromatic heterocycles. The molecule has 4 heterocycles. The van der Waals surface area contributed by atoms with E-state index in [-0.39, 0.29) is 6.10 Å². The number of imidazole rings is 1. The lowest BCUT2D eigenvalue weighted by Gasteiger charge is -2.21. The van der Waals surface area contributed by atoms with E-state index in [0.29, 0.717) is 16.8 Å². The highest BCUT2D eigenvalue weighted by atomic mass is 79.9. The Balaban J connectivity index is 1.29. The molecule has 1 atom stereocenters. The molecule has 8 nitrogen and oxygen atoms in total. The monoisotopic (exact) mass is 527 g/mol. The number of fused-ring (bicyclic) bond motifs is 2. The zero-order valence-electron chi connectivity index (χ0n) is 16.4. The minimum absolute atomic E-state index is 0.368. The van der Waals surface area contributed by atoms with Gasteiger partial charge in [-0.25, -0.2) is 4.98 Å². The Kier molecular flexibility index (Phi) is 4.94. The first kappa shape index (κ1) is 19.9. The number of H-pyrrole nitrogens is 1. The number of ether oxygens (including phenoxy) is 1. The third-order valence-electron chi connectivity index (χ3n) is 5.26. The fraction of sp³-hybridized carbons (Fsp3) is 0.143. The van der Waals surface area contributed by atoms with Crippen molar-refractivity contribution in [2.24, 2.45) is 0 Å². The van der Waals surface area contributed by atoms with Crippen LogP contribution in [0.3, 0.4) is 0 Å². The van der Waals surface area contributed by atoms with Gasteiger partial charge in [-0.15, -0.1) is 10.2 Å². The van der Waals surface area contributed by atoms with E-state index in [2.05, 4.69) is 52.4 Å². The molecule has 2 N–H and O–H groups in total. The summed E-state index contributed by atoms with van der Waals surface area (Å²) in [7, 11) is 0.